The maximum absolute atomic E-state index is 12.7. The van der Waals surface area contributed by atoms with Crippen LogP contribution in [0.25, 0.3) is 0 Å². The molecule has 0 saturated heterocycles. The first-order valence-corrected chi connectivity index (χ1v) is 5.38. The van der Waals surface area contributed by atoms with Crippen LogP contribution in [0.1, 0.15) is 18.9 Å². The first-order valence-electron chi connectivity index (χ1n) is 4.97. The van der Waals surface area contributed by atoms with Crippen molar-refractivity contribution >= 4 is 23.0 Å². The number of hydrogen-bond acceptors (Lipinski definition) is 2. The fourth-order valence-electron chi connectivity index (χ4n) is 1.16. The second-order valence-electron chi connectivity index (χ2n) is 3.11. The third-order valence-corrected chi connectivity index (χ3v) is 2.33. The van der Waals surface area contributed by atoms with Crippen molar-refractivity contribution in [1.82, 2.24) is 10.7 Å². The second-order valence-corrected chi connectivity index (χ2v) is 3.52. The second kappa shape index (κ2) is 6.17. The van der Waals surface area contributed by atoms with Crippen LogP contribution in [-0.4, -0.2) is 17.9 Å². The van der Waals surface area contributed by atoms with Gasteiger partial charge in [0.1, 0.15) is 5.82 Å². The van der Waals surface area contributed by atoms with Gasteiger partial charge in [0.25, 0.3) is 0 Å². The zero-order valence-electron chi connectivity index (χ0n) is 9.25. The molecule has 2 N–H and O–H groups in total. The van der Waals surface area contributed by atoms with Gasteiger partial charge < -0.3 is 5.32 Å². The van der Waals surface area contributed by atoms with Crippen molar-refractivity contribution in [3.05, 3.63) is 35.6 Å². The predicted molar refractivity (Wildman–Crippen MR) is 68.0 cm³/mol. The lowest BCUT2D eigenvalue weighted by atomic mass is 10.1. The van der Waals surface area contributed by atoms with Crippen LogP contribution in [0.3, 0.4) is 0 Å². The van der Waals surface area contributed by atoms with Crippen molar-refractivity contribution in [1.29, 1.82) is 0 Å². The van der Waals surface area contributed by atoms with Crippen molar-refractivity contribution in [3.63, 3.8) is 0 Å². The van der Waals surface area contributed by atoms with E-state index in [1.807, 2.05) is 6.92 Å². The van der Waals surface area contributed by atoms with Crippen molar-refractivity contribution in [2.75, 3.05) is 7.05 Å². The van der Waals surface area contributed by atoms with Crippen LogP contribution in [0.2, 0.25) is 0 Å². The number of benzene rings is 1. The van der Waals surface area contributed by atoms with Gasteiger partial charge in [-0.25, -0.2) is 4.39 Å². The van der Waals surface area contributed by atoms with Gasteiger partial charge in [0.05, 0.1) is 5.71 Å². The Morgan fingerprint density at radius 3 is 2.50 bits per heavy atom. The Bertz CT molecular complexity index is 387. The van der Waals surface area contributed by atoms with Crippen LogP contribution in [0.4, 0.5) is 4.39 Å². The minimum absolute atomic E-state index is 0.252. The average Bonchev–Trinajstić information content (AvgIpc) is 2.31. The van der Waals surface area contributed by atoms with Gasteiger partial charge in [0.2, 0.25) is 0 Å². The number of hydrogen-bond donors (Lipinski definition) is 2. The fourth-order valence-corrected chi connectivity index (χ4v) is 1.21. The van der Waals surface area contributed by atoms with Crippen LogP contribution in [0, 0.1) is 5.82 Å². The number of hydrazone groups is 1. The highest BCUT2D eigenvalue weighted by atomic mass is 32.1. The summed E-state index contributed by atoms with van der Waals surface area (Å²) in [5.74, 6) is -0.252. The summed E-state index contributed by atoms with van der Waals surface area (Å²) in [4.78, 5) is 0. The summed E-state index contributed by atoms with van der Waals surface area (Å²) in [5.41, 5.74) is 4.43. The normalized spacial score (nSPS) is 11.1. The summed E-state index contributed by atoms with van der Waals surface area (Å²) < 4.78 is 12.7. The lowest BCUT2D eigenvalue weighted by Gasteiger charge is -2.06. The summed E-state index contributed by atoms with van der Waals surface area (Å²) in [6.07, 6.45) is 0.741. The molecule has 0 aliphatic carbocycles. The van der Waals surface area contributed by atoms with Crippen molar-refractivity contribution in [2.24, 2.45) is 5.10 Å². The van der Waals surface area contributed by atoms with E-state index in [1.54, 1.807) is 19.2 Å². The number of rotatable bonds is 3. The fraction of sp³-hybridized carbons (Fsp3) is 0.273. The molecule has 0 amide bonds. The van der Waals surface area contributed by atoms with E-state index in [0.29, 0.717) is 5.11 Å². The molecule has 0 aliphatic heterocycles. The highest BCUT2D eigenvalue weighted by Crippen LogP contribution is 2.06. The maximum Gasteiger partial charge on any atom is 0.186 e. The molecule has 5 heteroatoms. The molecule has 0 unspecified atom stereocenters. The Labute approximate surface area is 99.7 Å². The molecule has 0 atom stereocenters. The molecular weight excluding hydrogens is 225 g/mol. The first-order chi connectivity index (χ1) is 7.67. The molecular formula is C11H14FN3S. The monoisotopic (exact) mass is 239 g/mol. The highest BCUT2D eigenvalue weighted by molar-refractivity contribution is 7.80. The van der Waals surface area contributed by atoms with Gasteiger partial charge in [0, 0.05) is 7.05 Å². The standard InChI is InChI=1S/C11H14FN3S/c1-3-10(14-15-11(16)13-2)8-4-6-9(12)7-5-8/h4-7H,3H2,1-2H3,(H2,13,15,16)/b14-10-. The van der Waals surface area contributed by atoms with E-state index in [0.717, 1.165) is 17.7 Å². The van der Waals surface area contributed by atoms with Gasteiger partial charge >= 0.3 is 0 Å². The summed E-state index contributed by atoms with van der Waals surface area (Å²) >= 11 is 4.90. The third kappa shape index (κ3) is 3.58. The quantitative estimate of drug-likeness (QED) is 0.481. The Balaban J connectivity index is 2.81. The number of nitrogens with zero attached hydrogens (tertiary/aromatic N) is 1. The van der Waals surface area contributed by atoms with Crippen LogP contribution >= 0.6 is 12.2 Å². The van der Waals surface area contributed by atoms with Gasteiger partial charge in [-0.2, -0.15) is 5.10 Å². The Morgan fingerprint density at radius 1 is 1.38 bits per heavy atom. The van der Waals surface area contributed by atoms with Gasteiger partial charge in [-0.1, -0.05) is 19.1 Å². The topological polar surface area (TPSA) is 36.4 Å². The predicted octanol–water partition coefficient (Wildman–Crippen LogP) is 2.03. The number of thiocarbonyl (C=S) groups is 1. The number of halogens is 1. The summed E-state index contributed by atoms with van der Waals surface area (Å²) in [6, 6.07) is 6.22. The summed E-state index contributed by atoms with van der Waals surface area (Å²) in [5, 5.41) is 7.36. The Morgan fingerprint density at radius 2 is 2.00 bits per heavy atom. The molecule has 0 radical (unpaired) electrons. The molecule has 0 aliphatic rings. The van der Waals surface area contributed by atoms with E-state index < -0.39 is 0 Å². The van der Waals surface area contributed by atoms with Crippen LogP contribution in [0.5, 0.6) is 0 Å². The molecule has 1 aromatic rings. The van der Waals surface area contributed by atoms with Gasteiger partial charge in [-0.15, -0.1) is 0 Å². The lowest BCUT2D eigenvalue weighted by molar-refractivity contribution is 0.627. The molecule has 0 aromatic heterocycles. The van der Waals surface area contributed by atoms with Gasteiger partial charge in [0.15, 0.2) is 5.11 Å². The van der Waals surface area contributed by atoms with E-state index in [9.17, 15) is 4.39 Å². The van der Waals surface area contributed by atoms with E-state index in [-0.39, 0.29) is 5.82 Å². The lowest BCUT2D eigenvalue weighted by Crippen LogP contribution is -2.29. The molecule has 86 valence electrons. The summed E-state index contributed by atoms with van der Waals surface area (Å²) in [6.45, 7) is 1.98. The Kier molecular flexibility index (Phi) is 4.85. The minimum Gasteiger partial charge on any atom is -0.364 e. The SMILES string of the molecule is CC/C(=N/NC(=S)NC)c1ccc(F)cc1. The summed E-state index contributed by atoms with van der Waals surface area (Å²) in [7, 11) is 1.72. The highest BCUT2D eigenvalue weighted by Gasteiger charge is 2.01. The van der Waals surface area contributed by atoms with Crippen LogP contribution in [-0.2, 0) is 0 Å². The minimum atomic E-state index is -0.252. The average molecular weight is 239 g/mol. The van der Waals surface area contributed by atoms with Crippen LogP contribution < -0.4 is 10.7 Å². The molecule has 3 nitrogen and oxygen atoms in total. The van der Waals surface area contributed by atoms with Crippen molar-refractivity contribution < 1.29 is 4.39 Å². The van der Waals surface area contributed by atoms with Crippen molar-refractivity contribution in [2.45, 2.75) is 13.3 Å². The first kappa shape index (κ1) is 12.6. The molecule has 0 saturated carbocycles. The molecule has 0 heterocycles. The molecule has 1 aromatic carbocycles. The van der Waals surface area contributed by atoms with E-state index in [2.05, 4.69) is 15.8 Å². The maximum atomic E-state index is 12.7. The zero-order valence-corrected chi connectivity index (χ0v) is 10.1. The smallest absolute Gasteiger partial charge is 0.186 e. The van der Waals surface area contributed by atoms with Gasteiger partial charge in [-0.05, 0) is 36.3 Å². The molecule has 0 spiro atoms. The third-order valence-electron chi connectivity index (χ3n) is 2.03. The van der Waals surface area contributed by atoms with E-state index >= 15 is 0 Å². The number of nitrogens with one attached hydrogen (secondary N) is 2. The Hall–Kier alpha value is -1.49. The largest absolute Gasteiger partial charge is 0.364 e. The molecule has 0 bridgehead atoms. The van der Waals surface area contributed by atoms with E-state index in [4.69, 9.17) is 12.2 Å². The molecule has 16 heavy (non-hydrogen) atoms. The van der Waals surface area contributed by atoms with Crippen molar-refractivity contribution in [3.8, 4) is 0 Å². The van der Waals surface area contributed by atoms with E-state index in [1.165, 1.54) is 12.1 Å². The van der Waals surface area contributed by atoms with Gasteiger partial charge in [-0.3, -0.25) is 5.43 Å². The molecule has 1 rings (SSSR count). The molecule has 0 fully saturated rings. The van der Waals surface area contributed by atoms with Crippen LogP contribution in [0.15, 0.2) is 29.4 Å². The zero-order chi connectivity index (χ0) is 12.0.